The standard InChI is InChI=1S/C13H21F3N2O/c14-13(15,16)10-3-1-9(2-4-10)11(19)18-8-12(7-17)5-6-12/h9-10H,1-8,17H2,(H,18,19). The number of nitrogens with two attached hydrogens (primary N) is 1. The van der Waals surface area contributed by atoms with Crippen molar-refractivity contribution in [3.8, 4) is 0 Å². The van der Waals surface area contributed by atoms with Crippen LogP contribution >= 0.6 is 0 Å². The Balaban J connectivity index is 1.73. The molecule has 2 aliphatic carbocycles. The van der Waals surface area contributed by atoms with E-state index >= 15 is 0 Å². The molecule has 6 heteroatoms. The van der Waals surface area contributed by atoms with Crippen molar-refractivity contribution in [1.82, 2.24) is 5.32 Å². The van der Waals surface area contributed by atoms with E-state index in [1.807, 2.05) is 0 Å². The van der Waals surface area contributed by atoms with Gasteiger partial charge in [-0.2, -0.15) is 13.2 Å². The minimum absolute atomic E-state index is 0.0683. The summed E-state index contributed by atoms with van der Waals surface area (Å²) in [6.45, 7) is 1.13. The highest BCUT2D eigenvalue weighted by Crippen LogP contribution is 2.44. The Kier molecular flexibility index (Phi) is 4.08. The number of nitrogens with one attached hydrogen (secondary N) is 1. The Morgan fingerprint density at radius 3 is 2.21 bits per heavy atom. The summed E-state index contributed by atoms with van der Waals surface area (Å²) in [5.41, 5.74) is 5.69. The fraction of sp³-hybridized carbons (Fsp3) is 0.923. The maximum absolute atomic E-state index is 12.5. The van der Waals surface area contributed by atoms with Gasteiger partial charge in [-0.05, 0) is 50.5 Å². The van der Waals surface area contributed by atoms with Crippen molar-refractivity contribution in [2.45, 2.75) is 44.7 Å². The fourth-order valence-electron chi connectivity index (χ4n) is 2.73. The average Bonchev–Trinajstić information content (AvgIpc) is 3.16. The molecular formula is C13H21F3N2O. The van der Waals surface area contributed by atoms with Gasteiger partial charge in [0.1, 0.15) is 0 Å². The fourth-order valence-corrected chi connectivity index (χ4v) is 2.73. The lowest BCUT2D eigenvalue weighted by Crippen LogP contribution is -2.39. The van der Waals surface area contributed by atoms with E-state index in [2.05, 4.69) is 5.32 Å². The van der Waals surface area contributed by atoms with Crippen molar-refractivity contribution in [1.29, 1.82) is 0 Å². The molecule has 0 aromatic heterocycles. The van der Waals surface area contributed by atoms with Crippen LogP contribution in [-0.2, 0) is 4.79 Å². The first-order chi connectivity index (χ1) is 8.86. The van der Waals surface area contributed by atoms with E-state index < -0.39 is 12.1 Å². The van der Waals surface area contributed by atoms with Crippen LogP contribution in [0.1, 0.15) is 38.5 Å². The predicted molar refractivity (Wildman–Crippen MR) is 65.2 cm³/mol. The molecule has 0 saturated heterocycles. The monoisotopic (exact) mass is 278 g/mol. The molecule has 0 bridgehead atoms. The molecule has 2 saturated carbocycles. The van der Waals surface area contributed by atoms with Gasteiger partial charge in [0.25, 0.3) is 0 Å². The molecule has 1 amide bonds. The maximum atomic E-state index is 12.5. The smallest absolute Gasteiger partial charge is 0.355 e. The summed E-state index contributed by atoms with van der Waals surface area (Å²) in [7, 11) is 0. The van der Waals surface area contributed by atoms with Crippen LogP contribution in [0.4, 0.5) is 13.2 Å². The number of hydrogen-bond acceptors (Lipinski definition) is 2. The lowest BCUT2D eigenvalue weighted by molar-refractivity contribution is -0.184. The molecule has 3 nitrogen and oxygen atoms in total. The topological polar surface area (TPSA) is 55.1 Å². The molecule has 0 aromatic carbocycles. The van der Waals surface area contributed by atoms with Crippen molar-refractivity contribution in [3.63, 3.8) is 0 Å². The third kappa shape index (κ3) is 3.61. The summed E-state index contributed by atoms with van der Waals surface area (Å²) >= 11 is 0. The zero-order valence-corrected chi connectivity index (χ0v) is 10.9. The summed E-state index contributed by atoms with van der Waals surface area (Å²) in [6.07, 6.45) is -1.22. The minimum atomic E-state index is -4.11. The van der Waals surface area contributed by atoms with Crippen LogP contribution in [0.5, 0.6) is 0 Å². The van der Waals surface area contributed by atoms with Crippen molar-refractivity contribution >= 4 is 5.91 Å². The van der Waals surface area contributed by atoms with E-state index in [1.54, 1.807) is 0 Å². The summed E-state index contributed by atoms with van der Waals surface area (Å²) < 4.78 is 37.5. The average molecular weight is 278 g/mol. The molecule has 2 rings (SSSR count). The molecule has 2 fully saturated rings. The number of alkyl halides is 3. The molecule has 0 heterocycles. The van der Waals surface area contributed by atoms with E-state index in [0.29, 0.717) is 25.9 Å². The Labute approximate surface area is 111 Å². The van der Waals surface area contributed by atoms with Crippen LogP contribution in [0.3, 0.4) is 0 Å². The molecule has 110 valence electrons. The number of carbonyl (C=O) groups is 1. The second-order valence-electron chi connectivity index (χ2n) is 6.01. The molecule has 3 N–H and O–H groups in total. The van der Waals surface area contributed by atoms with Gasteiger partial charge < -0.3 is 11.1 Å². The minimum Gasteiger partial charge on any atom is -0.355 e. The number of carbonyl (C=O) groups excluding carboxylic acids is 1. The molecule has 2 aliphatic rings. The van der Waals surface area contributed by atoms with Crippen molar-refractivity contribution in [2.24, 2.45) is 23.0 Å². The molecule has 0 unspecified atom stereocenters. The van der Waals surface area contributed by atoms with Crippen LogP contribution in [0, 0.1) is 17.3 Å². The number of rotatable bonds is 4. The van der Waals surface area contributed by atoms with Crippen LogP contribution < -0.4 is 11.1 Å². The van der Waals surface area contributed by atoms with Crippen molar-refractivity contribution < 1.29 is 18.0 Å². The van der Waals surface area contributed by atoms with Gasteiger partial charge in [-0.3, -0.25) is 4.79 Å². The molecular weight excluding hydrogens is 257 g/mol. The highest BCUT2D eigenvalue weighted by molar-refractivity contribution is 5.78. The second-order valence-corrected chi connectivity index (χ2v) is 6.01. The summed E-state index contributed by atoms with van der Waals surface area (Å²) in [6, 6.07) is 0. The molecule has 0 radical (unpaired) electrons. The van der Waals surface area contributed by atoms with Gasteiger partial charge >= 0.3 is 6.18 Å². The highest BCUT2D eigenvalue weighted by Gasteiger charge is 2.44. The second kappa shape index (κ2) is 5.31. The van der Waals surface area contributed by atoms with Gasteiger partial charge in [-0.1, -0.05) is 0 Å². The summed E-state index contributed by atoms with van der Waals surface area (Å²) in [5.74, 6) is -1.58. The third-order valence-electron chi connectivity index (χ3n) is 4.59. The first-order valence-electron chi connectivity index (χ1n) is 6.91. The highest BCUT2D eigenvalue weighted by atomic mass is 19.4. The largest absolute Gasteiger partial charge is 0.391 e. The van der Waals surface area contributed by atoms with Gasteiger partial charge in [0.05, 0.1) is 5.92 Å². The van der Waals surface area contributed by atoms with Crippen LogP contribution in [0.25, 0.3) is 0 Å². The van der Waals surface area contributed by atoms with Crippen LogP contribution in [-0.4, -0.2) is 25.2 Å². The van der Waals surface area contributed by atoms with Crippen LogP contribution in [0.15, 0.2) is 0 Å². The summed E-state index contributed by atoms with van der Waals surface area (Å²) in [5, 5.41) is 2.86. The lowest BCUT2D eigenvalue weighted by Gasteiger charge is -2.29. The zero-order chi connectivity index (χ0) is 14.1. The predicted octanol–water partition coefficient (Wildman–Crippen LogP) is 2.21. The van der Waals surface area contributed by atoms with Gasteiger partial charge in [0, 0.05) is 12.5 Å². The van der Waals surface area contributed by atoms with Gasteiger partial charge in [0.2, 0.25) is 5.91 Å². The van der Waals surface area contributed by atoms with Gasteiger partial charge in [0.15, 0.2) is 0 Å². The summed E-state index contributed by atoms with van der Waals surface area (Å²) in [4.78, 5) is 11.9. The molecule has 0 aromatic rings. The van der Waals surface area contributed by atoms with Crippen LogP contribution in [0.2, 0.25) is 0 Å². The Bertz CT molecular complexity index is 331. The molecule has 19 heavy (non-hydrogen) atoms. The molecule has 0 atom stereocenters. The molecule has 0 aliphatic heterocycles. The third-order valence-corrected chi connectivity index (χ3v) is 4.59. The first kappa shape index (κ1) is 14.6. The van der Waals surface area contributed by atoms with Gasteiger partial charge in [-0.25, -0.2) is 0 Å². The Morgan fingerprint density at radius 1 is 1.21 bits per heavy atom. The quantitative estimate of drug-likeness (QED) is 0.828. The van der Waals surface area contributed by atoms with Crippen molar-refractivity contribution in [3.05, 3.63) is 0 Å². The SMILES string of the molecule is NCC1(CNC(=O)C2CCC(C(F)(F)F)CC2)CC1. The maximum Gasteiger partial charge on any atom is 0.391 e. The number of hydrogen-bond donors (Lipinski definition) is 2. The zero-order valence-electron chi connectivity index (χ0n) is 10.9. The van der Waals surface area contributed by atoms with E-state index in [4.69, 9.17) is 5.73 Å². The number of amides is 1. The Hall–Kier alpha value is -0.780. The van der Waals surface area contributed by atoms with E-state index in [1.165, 1.54) is 0 Å². The van der Waals surface area contributed by atoms with E-state index in [9.17, 15) is 18.0 Å². The van der Waals surface area contributed by atoms with Gasteiger partial charge in [-0.15, -0.1) is 0 Å². The van der Waals surface area contributed by atoms with E-state index in [-0.39, 0.29) is 30.1 Å². The number of halogens is 3. The molecule has 0 spiro atoms. The lowest BCUT2D eigenvalue weighted by atomic mass is 9.81. The normalized spacial score (nSPS) is 29.9. The Morgan fingerprint density at radius 2 is 1.79 bits per heavy atom. The first-order valence-corrected chi connectivity index (χ1v) is 6.91. The van der Waals surface area contributed by atoms with Crippen molar-refractivity contribution in [2.75, 3.05) is 13.1 Å². The van der Waals surface area contributed by atoms with E-state index in [0.717, 1.165) is 12.8 Å².